The van der Waals surface area contributed by atoms with Gasteiger partial charge in [-0.05, 0) is 37.4 Å². The molecule has 1 aliphatic heterocycles. The highest BCUT2D eigenvalue weighted by atomic mass is 35.5. The third-order valence-electron chi connectivity index (χ3n) is 4.07. The number of nitrogens with zero attached hydrogens (tertiary/aromatic N) is 1. The first-order valence-corrected chi connectivity index (χ1v) is 7.65. The fraction of sp³-hybridized carbons (Fsp3) is 0.412. The fourth-order valence-electron chi connectivity index (χ4n) is 2.90. The van der Waals surface area contributed by atoms with Gasteiger partial charge in [-0.1, -0.05) is 24.3 Å². The topological polar surface area (TPSA) is 54.0 Å². The first-order chi connectivity index (χ1) is 10.3. The van der Waals surface area contributed by atoms with Crippen molar-refractivity contribution in [3.8, 4) is 0 Å². The fourth-order valence-corrected chi connectivity index (χ4v) is 2.90. The van der Waals surface area contributed by atoms with Crippen LogP contribution >= 0.6 is 24.8 Å². The number of halogens is 2. The maximum atomic E-state index is 11.9. The Morgan fingerprint density at radius 3 is 2.87 bits per heavy atom. The van der Waals surface area contributed by atoms with Gasteiger partial charge in [0.05, 0.1) is 5.52 Å². The lowest BCUT2D eigenvalue weighted by Crippen LogP contribution is -2.27. The summed E-state index contributed by atoms with van der Waals surface area (Å²) < 4.78 is 0. The average Bonchev–Trinajstić information content (AvgIpc) is 3.04. The van der Waals surface area contributed by atoms with Gasteiger partial charge < -0.3 is 10.6 Å². The number of pyridine rings is 1. The molecule has 0 saturated carbocycles. The molecular weight excluding hydrogens is 333 g/mol. The number of benzene rings is 1. The summed E-state index contributed by atoms with van der Waals surface area (Å²) in [6.07, 6.45) is 5.74. The molecule has 6 heteroatoms. The summed E-state index contributed by atoms with van der Waals surface area (Å²) >= 11 is 0. The van der Waals surface area contributed by atoms with Crippen molar-refractivity contribution in [3.63, 3.8) is 0 Å². The van der Waals surface area contributed by atoms with Crippen LogP contribution in [0.2, 0.25) is 0 Å². The highest BCUT2D eigenvalue weighted by molar-refractivity contribution is 5.85. The van der Waals surface area contributed by atoms with Gasteiger partial charge in [0.2, 0.25) is 5.91 Å². The second-order valence-corrected chi connectivity index (χ2v) is 5.60. The summed E-state index contributed by atoms with van der Waals surface area (Å²) in [4.78, 5) is 16.4. The van der Waals surface area contributed by atoms with Crippen LogP contribution in [0.4, 0.5) is 0 Å². The lowest BCUT2D eigenvalue weighted by molar-refractivity contribution is -0.121. The first kappa shape index (κ1) is 19.7. The van der Waals surface area contributed by atoms with E-state index in [-0.39, 0.29) is 30.7 Å². The Kier molecular flexibility index (Phi) is 8.31. The van der Waals surface area contributed by atoms with E-state index in [0.717, 1.165) is 29.4 Å². The van der Waals surface area contributed by atoms with Crippen molar-refractivity contribution < 1.29 is 4.79 Å². The molecule has 1 unspecified atom stereocenters. The minimum Gasteiger partial charge on any atom is -0.352 e. The molecule has 23 heavy (non-hydrogen) atoms. The molecule has 1 aromatic carbocycles. The van der Waals surface area contributed by atoms with Crippen molar-refractivity contribution in [1.82, 2.24) is 15.6 Å². The quantitative estimate of drug-likeness (QED) is 0.865. The number of amides is 1. The lowest BCUT2D eigenvalue weighted by atomic mass is 10.1. The van der Waals surface area contributed by atoms with E-state index < -0.39 is 0 Å². The lowest BCUT2D eigenvalue weighted by Gasteiger charge is -2.10. The summed E-state index contributed by atoms with van der Waals surface area (Å²) in [5.41, 5.74) is 2.04. The molecule has 1 aromatic heterocycles. The SMILES string of the molecule is Cl.Cl.O=C(CCC1CCCN1)NCc1cccc2cccnc12. The second-order valence-electron chi connectivity index (χ2n) is 5.60. The molecule has 2 N–H and O–H groups in total. The first-order valence-electron chi connectivity index (χ1n) is 7.65. The number of carbonyl (C=O) groups is 1. The molecule has 126 valence electrons. The molecule has 1 aliphatic rings. The molecule has 3 rings (SSSR count). The van der Waals surface area contributed by atoms with Crippen LogP contribution < -0.4 is 10.6 Å². The second kappa shape index (κ2) is 9.71. The number of aromatic nitrogens is 1. The molecule has 2 aromatic rings. The van der Waals surface area contributed by atoms with E-state index in [4.69, 9.17) is 0 Å². The number of nitrogens with one attached hydrogen (secondary N) is 2. The van der Waals surface area contributed by atoms with Crippen LogP contribution in [0.25, 0.3) is 10.9 Å². The van der Waals surface area contributed by atoms with Crippen LogP contribution in [0.15, 0.2) is 36.5 Å². The minimum absolute atomic E-state index is 0. The Balaban J connectivity index is 0.00000132. The van der Waals surface area contributed by atoms with Crippen LogP contribution in [0.5, 0.6) is 0 Å². The van der Waals surface area contributed by atoms with Gasteiger partial charge in [0.25, 0.3) is 0 Å². The summed E-state index contributed by atoms with van der Waals surface area (Å²) in [6, 6.07) is 10.6. The molecule has 0 aliphatic carbocycles. The zero-order valence-corrected chi connectivity index (χ0v) is 14.6. The predicted octanol–water partition coefficient (Wildman–Crippen LogP) is 3.23. The van der Waals surface area contributed by atoms with Gasteiger partial charge in [-0.15, -0.1) is 24.8 Å². The third kappa shape index (κ3) is 5.34. The van der Waals surface area contributed by atoms with Gasteiger partial charge in [0.15, 0.2) is 0 Å². The van der Waals surface area contributed by atoms with Gasteiger partial charge in [-0.2, -0.15) is 0 Å². The summed E-state index contributed by atoms with van der Waals surface area (Å²) in [5.74, 6) is 0.122. The van der Waals surface area contributed by atoms with Gasteiger partial charge >= 0.3 is 0 Å². The van der Waals surface area contributed by atoms with E-state index in [1.807, 2.05) is 30.3 Å². The van der Waals surface area contributed by atoms with Crippen LogP contribution in [0.3, 0.4) is 0 Å². The van der Waals surface area contributed by atoms with Crippen LogP contribution in [-0.4, -0.2) is 23.5 Å². The van der Waals surface area contributed by atoms with Crippen molar-refractivity contribution in [2.45, 2.75) is 38.3 Å². The largest absolute Gasteiger partial charge is 0.352 e. The number of fused-ring (bicyclic) bond motifs is 1. The van der Waals surface area contributed by atoms with Gasteiger partial charge in [-0.25, -0.2) is 0 Å². The van der Waals surface area contributed by atoms with Crippen molar-refractivity contribution >= 4 is 41.6 Å². The van der Waals surface area contributed by atoms with E-state index in [0.29, 0.717) is 19.0 Å². The molecule has 1 amide bonds. The minimum atomic E-state index is 0. The van der Waals surface area contributed by atoms with E-state index in [1.54, 1.807) is 6.20 Å². The maximum absolute atomic E-state index is 11.9. The highest BCUT2D eigenvalue weighted by Gasteiger charge is 2.15. The molecule has 1 atom stereocenters. The Hall–Kier alpha value is -1.36. The van der Waals surface area contributed by atoms with Crippen LogP contribution in [0, 0.1) is 0 Å². The highest BCUT2D eigenvalue weighted by Crippen LogP contribution is 2.16. The van der Waals surface area contributed by atoms with Gasteiger partial charge in [-0.3, -0.25) is 9.78 Å². The molecular formula is C17H23Cl2N3O. The van der Waals surface area contributed by atoms with Crippen molar-refractivity contribution in [1.29, 1.82) is 0 Å². The van der Waals surface area contributed by atoms with Crippen molar-refractivity contribution in [2.75, 3.05) is 6.54 Å². The van der Waals surface area contributed by atoms with Gasteiger partial charge in [0, 0.05) is 30.6 Å². The van der Waals surface area contributed by atoms with E-state index in [9.17, 15) is 4.79 Å². The Labute approximate surface area is 149 Å². The number of hydrogen-bond acceptors (Lipinski definition) is 3. The summed E-state index contributed by atoms with van der Waals surface area (Å²) in [5, 5.41) is 7.54. The van der Waals surface area contributed by atoms with Crippen LogP contribution in [0.1, 0.15) is 31.2 Å². The van der Waals surface area contributed by atoms with Crippen molar-refractivity contribution in [3.05, 3.63) is 42.1 Å². The number of hydrogen-bond donors (Lipinski definition) is 2. The van der Waals surface area contributed by atoms with E-state index in [2.05, 4.69) is 15.6 Å². The number of rotatable bonds is 5. The molecule has 1 saturated heterocycles. The maximum Gasteiger partial charge on any atom is 0.220 e. The molecule has 0 spiro atoms. The standard InChI is InChI=1S/C17H21N3O.2ClH/c21-16(9-8-15-7-3-10-18-15)20-12-14-5-1-4-13-6-2-11-19-17(13)14;;/h1-2,4-6,11,15,18H,3,7-10,12H2,(H,20,21);2*1H. The zero-order valence-electron chi connectivity index (χ0n) is 13.0. The molecule has 0 radical (unpaired) electrons. The van der Waals surface area contributed by atoms with E-state index >= 15 is 0 Å². The predicted molar refractivity (Wildman–Crippen MR) is 98.3 cm³/mol. The molecule has 4 nitrogen and oxygen atoms in total. The van der Waals surface area contributed by atoms with Crippen molar-refractivity contribution in [2.24, 2.45) is 0 Å². The zero-order chi connectivity index (χ0) is 14.5. The van der Waals surface area contributed by atoms with Gasteiger partial charge in [0.1, 0.15) is 0 Å². The number of para-hydroxylation sites is 1. The summed E-state index contributed by atoms with van der Waals surface area (Å²) in [7, 11) is 0. The smallest absolute Gasteiger partial charge is 0.220 e. The Morgan fingerprint density at radius 1 is 1.26 bits per heavy atom. The summed E-state index contributed by atoms with van der Waals surface area (Å²) in [6.45, 7) is 1.64. The average molecular weight is 356 g/mol. The normalized spacial score (nSPS) is 16.4. The molecule has 0 bridgehead atoms. The Bertz CT molecular complexity index is 625. The van der Waals surface area contributed by atoms with E-state index in [1.165, 1.54) is 12.8 Å². The van der Waals surface area contributed by atoms with Crippen LogP contribution in [-0.2, 0) is 11.3 Å². The monoisotopic (exact) mass is 355 g/mol. The Morgan fingerprint density at radius 2 is 2.09 bits per heavy atom. The molecule has 1 fully saturated rings. The molecule has 2 heterocycles. The number of carbonyl (C=O) groups excluding carboxylic acids is 1. The third-order valence-corrected chi connectivity index (χ3v) is 4.07.